The molecule has 122 valence electrons. The van der Waals surface area contributed by atoms with Crippen molar-refractivity contribution in [3.8, 4) is 0 Å². The van der Waals surface area contributed by atoms with E-state index in [0.29, 0.717) is 19.3 Å². The summed E-state index contributed by atoms with van der Waals surface area (Å²) >= 11 is 0. The lowest BCUT2D eigenvalue weighted by Gasteiger charge is -2.19. The van der Waals surface area contributed by atoms with E-state index in [1.807, 2.05) is 6.92 Å². The second-order valence-corrected chi connectivity index (χ2v) is 6.11. The Morgan fingerprint density at radius 3 is 2.95 bits per heavy atom. The van der Waals surface area contributed by atoms with Gasteiger partial charge in [-0.3, -0.25) is 4.79 Å². The number of rotatable bonds is 2. The van der Waals surface area contributed by atoms with E-state index < -0.39 is 12.1 Å². The first-order valence-corrected chi connectivity index (χ1v) is 7.92. The van der Waals surface area contributed by atoms with Crippen LogP contribution in [0.3, 0.4) is 0 Å². The Bertz CT molecular complexity index is 442. The predicted octanol–water partition coefficient (Wildman–Crippen LogP) is 2.14. The third-order valence-corrected chi connectivity index (χ3v) is 4.42. The number of aliphatic hydroxyl groups excluding tert-OH is 1. The van der Waals surface area contributed by atoms with Crippen LogP contribution in [0, 0.1) is 11.8 Å². The Hall–Kier alpha value is -1.62. The number of ether oxygens (including phenoxy) is 2. The van der Waals surface area contributed by atoms with Crippen molar-refractivity contribution in [3.05, 3.63) is 24.3 Å². The summed E-state index contributed by atoms with van der Waals surface area (Å²) in [5.41, 5.74) is 0. The van der Waals surface area contributed by atoms with Gasteiger partial charge in [0.1, 0.15) is 6.10 Å². The van der Waals surface area contributed by atoms with Gasteiger partial charge in [-0.2, -0.15) is 0 Å². The Balaban J connectivity index is 2.11. The summed E-state index contributed by atoms with van der Waals surface area (Å²) < 4.78 is 10.3. The number of hydrogen-bond acceptors (Lipinski definition) is 5. The van der Waals surface area contributed by atoms with Gasteiger partial charge < -0.3 is 14.6 Å². The maximum absolute atomic E-state index is 11.7. The van der Waals surface area contributed by atoms with Crippen molar-refractivity contribution >= 4 is 12.4 Å². The number of hydrogen-bond donors (Lipinski definition) is 1. The fourth-order valence-corrected chi connectivity index (χ4v) is 3.27. The number of esters is 1. The zero-order valence-electron chi connectivity index (χ0n) is 12.9. The van der Waals surface area contributed by atoms with Crippen molar-refractivity contribution in [1.82, 2.24) is 0 Å². The zero-order chi connectivity index (χ0) is 15.9. The van der Waals surface area contributed by atoms with Crippen molar-refractivity contribution in [3.63, 3.8) is 0 Å². The van der Waals surface area contributed by atoms with E-state index >= 15 is 0 Å². The Morgan fingerprint density at radius 2 is 2.18 bits per heavy atom. The summed E-state index contributed by atoms with van der Waals surface area (Å²) in [6.07, 6.45) is 9.97. The van der Waals surface area contributed by atoms with E-state index in [1.54, 1.807) is 0 Å². The molecule has 0 aromatic rings. The van der Waals surface area contributed by atoms with Gasteiger partial charge in [0, 0.05) is 6.08 Å². The number of allylic oxidation sites excluding steroid dienone is 2. The summed E-state index contributed by atoms with van der Waals surface area (Å²) in [5.74, 6) is -0.323. The monoisotopic (exact) mass is 308 g/mol. The smallest absolute Gasteiger partial charge is 0.330 e. The molecule has 2 rings (SSSR count). The van der Waals surface area contributed by atoms with Crippen molar-refractivity contribution in [1.29, 1.82) is 0 Å². The first-order chi connectivity index (χ1) is 10.6. The van der Waals surface area contributed by atoms with Crippen LogP contribution in [-0.4, -0.2) is 35.9 Å². The second-order valence-electron chi connectivity index (χ2n) is 6.11. The molecule has 2 aliphatic rings. The van der Waals surface area contributed by atoms with Gasteiger partial charge in [0.25, 0.3) is 6.47 Å². The van der Waals surface area contributed by atoms with Crippen LogP contribution >= 0.6 is 0 Å². The van der Waals surface area contributed by atoms with Crippen LogP contribution < -0.4 is 0 Å². The molecule has 1 fully saturated rings. The predicted molar refractivity (Wildman–Crippen MR) is 80.8 cm³/mol. The molecular weight excluding hydrogens is 284 g/mol. The number of carbonyl (C=O) groups is 2. The van der Waals surface area contributed by atoms with Crippen molar-refractivity contribution in [2.24, 2.45) is 11.8 Å². The van der Waals surface area contributed by atoms with Gasteiger partial charge in [-0.15, -0.1) is 0 Å². The third-order valence-electron chi connectivity index (χ3n) is 4.42. The maximum atomic E-state index is 11.7. The largest absolute Gasteiger partial charge is 0.465 e. The average molecular weight is 308 g/mol. The summed E-state index contributed by atoms with van der Waals surface area (Å²) in [7, 11) is 0. The minimum atomic E-state index is -0.751. The molecule has 0 amide bonds. The third kappa shape index (κ3) is 4.70. The fraction of sp³-hybridized carbons (Fsp3) is 0.647. The highest BCUT2D eigenvalue weighted by Crippen LogP contribution is 2.37. The topological polar surface area (TPSA) is 72.8 Å². The molecule has 0 aromatic carbocycles. The molecule has 0 unspecified atom stereocenters. The van der Waals surface area contributed by atoms with Crippen molar-refractivity contribution in [2.45, 2.75) is 57.3 Å². The zero-order valence-corrected chi connectivity index (χ0v) is 12.9. The van der Waals surface area contributed by atoms with Crippen LogP contribution in [0.25, 0.3) is 0 Å². The highest BCUT2D eigenvalue weighted by atomic mass is 16.5. The van der Waals surface area contributed by atoms with E-state index in [1.165, 1.54) is 12.2 Å². The molecule has 1 heterocycles. The molecule has 0 radical (unpaired) electrons. The normalized spacial score (nSPS) is 39.4. The van der Waals surface area contributed by atoms with Crippen LogP contribution in [0.2, 0.25) is 0 Å². The van der Waals surface area contributed by atoms with Crippen LogP contribution in [0.5, 0.6) is 0 Å². The highest BCUT2D eigenvalue weighted by molar-refractivity contribution is 5.82. The van der Waals surface area contributed by atoms with Crippen LogP contribution in [0.1, 0.15) is 39.0 Å². The Labute approximate surface area is 131 Å². The van der Waals surface area contributed by atoms with Crippen molar-refractivity contribution in [2.75, 3.05) is 0 Å². The lowest BCUT2D eigenvalue weighted by molar-refractivity contribution is -0.142. The fourth-order valence-electron chi connectivity index (χ4n) is 3.27. The van der Waals surface area contributed by atoms with E-state index in [2.05, 4.69) is 12.2 Å². The molecule has 1 N–H and O–H groups in total. The van der Waals surface area contributed by atoms with Crippen LogP contribution in [-0.2, 0) is 19.1 Å². The average Bonchev–Trinajstić information content (AvgIpc) is 2.87. The van der Waals surface area contributed by atoms with E-state index in [4.69, 9.17) is 9.47 Å². The summed E-state index contributed by atoms with van der Waals surface area (Å²) in [6, 6.07) is 0. The molecule has 0 saturated heterocycles. The molecule has 1 saturated carbocycles. The van der Waals surface area contributed by atoms with Gasteiger partial charge in [0.15, 0.2) is 0 Å². The molecule has 1 aliphatic heterocycles. The number of aliphatic hydroxyl groups is 1. The quantitative estimate of drug-likeness (QED) is 0.481. The lowest BCUT2D eigenvalue weighted by Crippen LogP contribution is -2.22. The molecule has 22 heavy (non-hydrogen) atoms. The maximum Gasteiger partial charge on any atom is 0.330 e. The van der Waals surface area contributed by atoms with Gasteiger partial charge >= 0.3 is 5.97 Å². The van der Waals surface area contributed by atoms with Crippen LogP contribution in [0.4, 0.5) is 0 Å². The first-order valence-electron chi connectivity index (χ1n) is 7.92. The standard InChI is InChI=1S/C17H24O5/c1-12-5-3-2-4-6-13-9-14(21-11-18)10-15(13)16(19)7-8-17(20)22-12/h4,6-8,11-16,19H,2-3,5,9-10H2,1H3/b6-4+,8-7+/t12-,13+,14-,15+,16+/m0/s1. The second kappa shape index (κ2) is 8.13. The number of fused-ring (bicyclic) bond motifs is 1. The van der Waals surface area contributed by atoms with E-state index in [9.17, 15) is 14.7 Å². The van der Waals surface area contributed by atoms with E-state index in [0.717, 1.165) is 19.3 Å². The van der Waals surface area contributed by atoms with Crippen LogP contribution in [0.15, 0.2) is 24.3 Å². The molecule has 0 bridgehead atoms. The Morgan fingerprint density at radius 1 is 1.36 bits per heavy atom. The van der Waals surface area contributed by atoms with Gasteiger partial charge in [-0.05, 0) is 56.9 Å². The highest BCUT2D eigenvalue weighted by Gasteiger charge is 2.37. The summed E-state index contributed by atoms with van der Waals surface area (Å²) in [4.78, 5) is 22.2. The molecular formula is C17H24O5. The SMILES string of the molecule is C[C@H]1CCC/C=C/[C@@H]2C[C@H](OC=O)C[C@H]2[C@H](O)/C=C/C(=O)O1. The van der Waals surface area contributed by atoms with Gasteiger partial charge in [-0.25, -0.2) is 4.79 Å². The van der Waals surface area contributed by atoms with E-state index in [-0.39, 0.29) is 24.0 Å². The number of carbonyl (C=O) groups excluding carboxylic acids is 2. The minimum Gasteiger partial charge on any atom is -0.465 e. The molecule has 5 atom stereocenters. The molecule has 5 heteroatoms. The van der Waals surface area contributed by atoms with Gasteiger partial charge in [0.05, 0.1) is 12.2 Å². The number of cyclic esters (lactones) is 1. The Kier molecular flexibility index (Phi) is 6.19. The summed E-state index contributed by atoms with van der Waals surface area (Å²) in [5, 5.41) is 10.3. The molecule has 0 spiro atoms. The summed E-state index contributed by atoms with van der Waals surface area (Å²) in [6.45, 7) is 2.34. The van der Waals surface area contributed by atoms with Gasteiger partial charge in [-0.1, -0.05) is 12.2 Å². The lowest BCUT2D eigenvalue weighted by atomic mass is 9.90. The molecule has 1 aliphatic carbocycles. The first kappa shape index (κ1) is 16.7. The van der Waals surface area contributed by atoms with Gasteiger partial charge in [0.2, 0.25) is 0 Å². The molecule has 5 nitrogen and oxygen atoms in total. The molecule has 0 aromatic heterocycles. The van der Waals surface area contributed by atoms with Crippen molar-refractivity contribution < 1.29 is 24.2 Å². The minimum absolute atomic E-state index is 0.0524.